The molecule has 1 atom stereocenters. The summed E-state index contributed by atoms with van der Waals surface area (Å²) in [6, 6.07) is 3.97. The van der Waals surface area contributed by atoms with E-state index in [1.54, 1.807) is 0 Å². The molecule has 0 spiro atoms. The lowest BCUT2D eigenvalue weighted by atomic mass is 9.98. The SMILES string of the molecule is CNCC1CCCN(C(=O)CCOc2ccc(F)cc2Cl)C1. The zero-order chi connectivity index (χ0) is 15.9. The predicted octanol–water partition coefficient (Wildman–Crippen LogP) is 2.71. The van der Waals surface area contributed by atoms with Gasteiger partial charge in [0.1, 0.15) is 11.6 Å². The predicted molar refractivity (Wildman–Crippen MR) is 84.8 cm³/mol. The van der Waals surface area contributed by atoms with Gasteiger partial charge in [-0.1, -0.05) is 11.6 Å². The standard InChI is InChI=1S/C16H22ClFN2O2/c1-19-10-12-3-2-7-20(11-12)16(21)6-8-22-15-5-4-13(18)9-14(15)17/h4-5,9,12,19H,2-3,6-8,10-11H2,1H3. The molecule has 1 unspecified atom stereocenters. The first-order valence-corrected chi connectivity index (χ1v) is 7.98. The van der Waals surface area contributed by atoms with E-state index in [0.717, 1.165) is 32.5 Å². The van der Waals surface area contributed by atoms with Crippen molar-refractivity contribution in [1.82, 2.24) is 10.2 Å². The van der Waals surface area contributed by atoms with Gasteiger partial charge < -0.3 is 15.0 Å². The molecule has 0 aromatic heterocycles. The Bertz CT molecular complexity index is 511. The Hall–Kier alpha value is -1.33. The largest absolute Gasteiger partial charge is 0.491 e. The molecular formula is C16H22ClFN2O2. The van der Waals surface area contributed by atoms with E-state index in [1.165, 1.54) is 18.2 Å². The Labute approximate surface area is 135 Å². The number of likely N-dealkylation sites (tertiary alicyclic amines) is 1. The molecule has 22 heavy (non-hydrogen) atoms. The van der Waals surface area contributed by atoms with Crippen LogP contribution >= 0.6 is 11.6 Å². The molecular weight excluding hydrogens is 307 g/mol. The summed E-state index contributed by atoms with van der Waals surface area (Å²) in [4.78, 5) is 14.1. The average Bonchev–Trinajstić information content (AvgIpc) is 2.50. The Morgan fingerprint density at radius 3 is 3.09 bits per heavy atom. The van der Waals surface area contributed by atoms with E-state index in [-0.39, 0.29) is 17.5 Å². The summed E-state index contributed by atoms with van der Waals surface area (Å²) in [5.41, 5.74) is 0. The fourth-order valence-corrected chi connectivity index (χ4v) is 2.97. The molecule has 1 saturated heterocycles. The summed E-state index contributed by atoms with van der Waals surface area (Å²) < 4.78 is 18.4. The molecule has 0 radical (unpaired) electrons. The van der Waals surface area contributed by atoms with Gasteiger partial charge in [-0.3, -0.25) is 4.79 Å². The number of ether oxygens (including phenoxy) is 1. The van der Waals surface area contributed by atoms with Gasteiger partial charge in [0.2, 0.25) is 5.91 Å². The van der Waals surface area contributed by atoms with E-state index in [2.05, 4.69) is 5.32 Å². The third-order valence-corrected chi connectivity index (χ3v) is 4.13. The first-order chi connectivity index (χ1) is 10.6. The molecule has 1 amide bonds. The fraction of sp³-hybridized carbons (Fsp3) is 0.562. The van der Waals surface area contributed by atoms with Gasteiger partial charge in [0.15, 0.2) is 0 Å². The monoisotopic (exact) mass is 328 g/mol. The zero-order valence-corrected chi connectivity index (χ0v) is 13.5. The summed E-state index contributed by atoms with van der Waals surface area (Å²) in [5.74, 6) is 0.620. The Morgan fingerprint density at radius 1 is 1.55 bits per heavy atom. The van der Waals surface area contributed by atoms with Crippen LogP contribution in [0.2, 0.25) is 5.02 Å². The van der Waals surface area contributed by atoms with E-state index in [1.807, 2.05) is 11.9 Å². The highest BCUT2D eigenvalue weighted by molar-refractivity contribution is 6.32. The van der Waals surface area contributed by atoms with Crippen molar-refractivity contribution < 1.29 is 13.9 Å². The molecule has 2 rings (SSSR count). The topological polar surface area (TPSA) is 41.6 Å². The van der Waals surface area contributed by atoms with Crippen molar-refractivity contribution >= 4 is 17.5 Å². The quantitative estimate of drug-likeness (QED) is 0.873. The van der Waals surface area contributed by atoms with Crippen molar-refractivity contribution in [1.29, 1.82) is 0 Å². The second-order valence-corrected chi connectivity index (χ2v) is 5.99. The third-order valence-electron chi connectivity index (χ3n) is 3.83. The van der Waals surface area contributed by atoms with Crippen LogP contribution in [0.15, 0.2) is 18.2 Å². The highest BCUT2D eigenvalue weighted by Gasteiger charge is 2.22. The van der Waals surface area contributed by atoms with E-state index in [0.29, 0.717) is 18.1 Å². The molecule has 6 heteroatoms. The van der Waals surface area contributed by atoms with Crippen LogP contribution in [-0.2, 0) is 4.79 Å². The van der Waals surface area contributed by atoms with E-state index >= 15 is 0 Å². The van der Waals surface area contributed by atoms with Crippen LogP contribution in [0.5, 0.6) is 5.75 Å². The number of hydrogen-bond donors (Lipinski definition) is 1. The fourth-order valence-electron chi connectivity index (χ4n) is 2.75. The molecule has 1 aromatic carbocycles. The van der Waals surface area contributed by atoms with Crippen molar-refractivity contribution in [2.45, 2.75) is 19.3 Å². The molecule has 1 aliphatic rings. The second-order valence-electron chi connectivity index (χ2n) is 5.58. The summed E-state index contributed by atoms with van der Waals surface area (Å²) in [6.45, 7) is 2.80. The number of piperidine rings is 1. The van der Waals surface area contributed by atoms with E-state index in [4.69, 9.17) is 16.3 Å². The van der Waals surface area contributed by atoms with Crippen LogP contribution in [0.4, 0.5) is 4.39 Å². The molecule has 1 N–H and O–H groups in total. The lowest BCUT2D eigenvalue weighted by Crippen LogP contribution is -2.42. The van der Waals surface area contributed by atoms with Crippen molar-refractivity contribution in [2.24, 2.45) is 5.92 Å². The number of amides is 1. The van der Waals surface area contributed by atoms with E-state index < -0.39 is 5.82 Å². The molecule has 4 nitrogen and oxygen atoms in total. The number of nitrogens with one attached hydrogen (secondary N) is 1. The number of nitrogens with zero attached hydrogens (tertiary/aromatic N) is 1. The van der Waals surface area contributed by atoms with Gasteiger partial charge in [0, 0.05) is 13.1 Å². The zero-order valence-electron chi connectivity index (χ0n) is 12.8. The van der Waals surface area contributed by atoms with Crippen LogP contribution in [0.25, 0.3) is 0 Å². The van der Waals surface area contributed by atoms with E-state index in [9.17, 15) is 9.18 Å². The van der Waals surface area contributed by atoms with Crippen molar-refractivity contribution in [3.63, 3.8) is 0 Å². The summed E-state index contributed by atoms with van der Waals surface area (Å²) in [5, 5.41) is 3.39. The minimum Gasteiger partial charge on any atom is -0.491 e. The van der Waals surface area contributed by atoms with Crippen LogP contribution in [-0.4, -0.2) is 44.1 Å². The lowest BCUT2D eigenvalue weighted by Gasteiger charge is -2.32. The van der Waals surface area contributed by atoms with Crippen LogP contribution in [0, 0.1) is 11.7 Å². The molecule has 0 aliphatic carbocycles. The molecule has 1 aliphatic heterocycles. The minimum absolute atomic E-state index is 0.0963. The molecule has 0 bridgehead atoms. The number of benzene rings is 1. The molecule has 0 saturated carbocycles. The molecule has 1 aromatic rings. The Morgan fingerprint density at radius 2 is 2.36 bits per heavy atom. The number of rotatable bonds is 6. The Balaban J connectivity index is 1.77. The lowest BCUT2D eigenvalue weighted by molar-refractivity contribution is -0.133. The van der Waals surface area contributed by atoms with Crippen LogP contribution < -0.4 is 10.1 Å². The van der Waals surface area contributed by atoms with Crippen molar-refractivity contribution in [3.05, 3.63) is 29.0 Å². The molecule has 122 valence electrons. The second kappa shape index (κ2) is 8.34. The maximum Gasteiger partial charge on any atom is 0.226 e. The van der Waals surface area contributed by atoms with Gasteiger partial charge in [-0.25, -0.2) is 4.39 Å². The van der Waals surface area contributed by atoms with Crippen molar-refractivity contribution in [2.75, 3.05) is 33.3 Å². The van der Waals surface area contributed by atoms with Crippen LogP contribution in [0.3, 0.4) is 0 Å². The maximum absolute atomic E-state index is 12.9. The number of halogens is 2. The molecule has 1 heterocycles. The van der Waals surface area contributed by atoms with Gasteiger partial charge >= 0.3 is 0 Å². The smallest absolute Gasteiger partial charge is 0.226 e. The summed E-state index contributed by atoms with van der Waals surface area (Å²) in [6.07, 6.45) is 2.51. The van der Waals surface area contributed by atoms with Crippen molar-refractivity contribution in [3.8, 4) is 5.75 Å². The van der Waals surface area contributed by atoms with Crippen LogP contribution in [0.1, 0.15) is 19.3 Å². The maximum atomic E-state index is 12.9. The average molecular weight is 329 g/mol. The third kappa shape index (κ3) is 4.85. The number of carbonyl (C=O) groups is 1. The van der Waals surface area contributed by atoms with Gasteiger partial charge in [-0.05, 0) is 50.6 Å². The highest BCUT2D eigenvalue weighted by Crippen LogP contribution is 2.25. The number of carbonyl (C=O) groups excluding carboxylic acids is 1. The summed E-state index contributed by atoms with van der Waals surface area (Å²) in [7, 11) is 1.93. The van der Waals surface area contributed by atoms with Gasteiger partial charge in [-0.2, -0.15) is 0 Å². The van der Waals surface area contributed by atoms with Gasteiger partial charge in [0.25, 0.3) is 0 Å². The highest BCUT2D eigenvalue weighted by atomic mass is 35.5. The van der Waals surface area contributed by atoms with Gasteiger partial charge in [-0.15, -0.1) is 0 Å². The molecule has 1 fully saturated rings. The number of hydrogen-bond acceptors (Lipinski definition) is 3. The summed E-state index contributed by atoms with van der Waals surface area (Å²) >= 11 is 5.88. The Kier molecular flexibility index (Phi) is 6.46. The van der Waals surface area contributed by atoms with Gasteiger partial charge in [0.05, 0.1) is 18.1 Å². The first kappa shape index (κ1) is 17.0. The minimum atomic E-state index is -0.405. The first-order valence-electron chi connectivity index (χ1n) is 7.60. The normalized spacial score (nSPS) is 18.3.